The highest BCUT2D eigenvalue weighted by atomic mass is 16.5. The number of nitrogens with zero attached hydrogens (tertiary/aromatic N) is 4. The lowest BCUT2D eigenvalue weighted by Crippen LogP contribution is -2.42. The molecule has 1 atom stereocenters. The summed E-state index contributed by atoms with van der Waals surface area (Å²) in [6.07, 6.45) is 4.69. The minimum absolute atomic E-state index is 0.0215. The summed E-state index contributed by atoms with van der Waals surface area (Å²) in [6.45, 7) is 1.43. The molecule has 3 heterocycles. The van der Waals surface area contributed by atoms with Crippen LogP contribution in [0.15, 0.2) is 48.9 Å². The smallest absolute Gasteiger partial charge is 0.254 e. The number of hydrogen-bond donors (Lipinski definition) is 1. The molecule has 1 saturated heterocycles. The van der Waals surface area contributed by atoms with Gasteiger partial charge in [-0.15, -0.1) is 0 Å². The van der Waals surface area contributed by atoms with Gasteiger partial charge in [-0.3, -0.25) is 14.8 Å². The Morgan fingerprint density at radius 1 is 1.15 bits per heavy atom. The van der Waals surface area contributed by atoms with Gasteiger partial charge in [-0.2, -0.15) is 0 Å². The number of ether oxygens (including phenoxy) is 1. The normalized spacial score (nSPS) is 17.3. The van der Waals surface area contributed by atoms with Crippen LogP contribution in [0.5, 0.6) is 0 Å². The van der Waals surface area contributed by atoms with Crippen molar-refractivity contribution in [3.05, 3.63) is 60.2 Å². The SMILES string of the molecule is CNc1nccnc1C1CN(C(=O)c2cccc3ncccc23)CCO1. The maximum Gasteiger partial charge on any atom is 0.254 e. The van der Waals surface area contributed by atoms with Gasteiger partial charge in [0.15, 0.2) is 0 Å². The maximum atomic E-state index is 13.1. The second-order valence-electron chi connectivity index (χ2n) is 6.03. The summed E-state index contributed by atoms with van der Waals surface area (Å²) in [7, 11) is 1.79. The Kier molecular flexibility index (Phi) is 4.45. The lowest BCUT2D eigenvalue weighted by molar-refractivity contribution is -0.0244. The zero-order chi connectivity index (χ0) is 17.9. The van der Waals surface area contributed by atoms with Gasteiger partial charge in [-0.25, -0.2) is 4.98 Å². The second kappa shape index (κ2) is 7.05. The van der Waals surface area contributed by atoms with Gasteiger partial charge in [0, 0.05) is 43.1 Å². The first-order chi connectivity index (χ1) is 12.8. The monoisotopic (exact) mass is 349 g/mol. The lowest BCUT2D eigenvalue weighted by atomic mass is 10.1. The Morgan fingerprint density at radius 3 is 2.92 bits per heavy atom. The first-order valence-corrected chi connectivity index (χ1v) is 8.51. The van der Waals surface area contributed by atoms with Gasteiger partial charge in [-0.05, 0) is 18.2 Å². The van der Waals surface area contributed by atoms with Crippen molar-refractivity contribution in [2.75, 3.05) is 32.1 Å². The zero-order valence-corrected chi connectivity index (χ0v) is 14.4. The molecular weight excluding hydrogens is 330 g/mol. The van der Waals surface area contributed by atoms with Gasteiger partial charge in [0.1, 0.15) is 17.6 Å². The van der Waals surface area contributed by atoms with Crippen LogP contribution in [0.1, 0.15) is 22.2 Å². The summed E-state index contributed by atoms with van der Waals surface area (Å²) in [5.41, 5.74) is 2.19. The number of aromatic nitrogens is 3. The summed E-state index contributed by atoms with van der Waals surface area (Å²) in [4.78, 5) is 27.9. The third-order valence-corrected chi connectivity index (χ3v) is 4.50. The summed E-state index contributed by atoms with van der Waals surface area (Å²) >= 11 is 0. The van der Waals surface area contributed by atoms with Gasteiger partial charge in [0.05, 0.1) is 18.7 Å². The van der Waals surface area contributed by atoms with Crippen molar-refractivity contribution in [1.82, 2.24) is 19.9 Å². The Labute approximate surface area is 151 Å². The number of pyridine rings is 1. The molecule has 0 saturated carbocycles. The molecule has 7 heteroatoms. The summed E-state index contributed by atoms with van der Waals surface area (Å²) in [6, 6.07) is 9.39. The molecular formula is C19H19N5O2. The number of benzene rings is 1. The fourth-order valence-electron chi connectivity index (χ4n) is 3.24. The van der Waals surface area contributed by atoms with Crippen molar-refractivity contribution in [2.24, 2.45) is 0 Å². The van der Waals surface area contributed by atoms with Crippen molar-refractivity contribution in [3.63, 3.8) is 0 Å². The summed E-state index contributed by atoms with van der Waals surface area (Å²) < 4.78 is 5.86. The molecule has 0 radical (unpaired) electrons. The van der Waals surface area contributed by atoms with Crippen LogP contribution in [0.2, 0.25) is 0 Å². The van der Waals surface area contributed by atoms with E-state index in [9.17, 15) is 4.79 Å². The van der Waals surface area contributed by atoms with Crippen molar-refractivity contribution in [1.29, 1.82) is 0 Å². The van der Waals surface area contributed by atoms with Crippen LogP contribution >= 0.6 is 0 Å². The molecule has 0 bridgehead atoms. The fourth-order valence-corrected chi connectivity index (χ4v) is 3.24. The quantitative estimate of drug-likeness (QED) is 0.781. The lowest BCUT2D eigenvalue weighted by Gasteiger charge is -2.33. The van der Waals surface area contributed by atoms with Crippen LogP contribution in [-0.4, -0.2) is 52.5 Å². The molecule has 0 spiro atoms. The van der Waals surface area contributed by atoms with Crippen LogP contribution in [0.25, 0.3) is 10.9 Å². The average molecular weight is 349 g/mol. The third-order valence-electron chi connectivity index (χ3n) is 4.50. The molecule has 0 aliphatic carbocycles. The van der Waals surface area contributed by atoms with Gasteiger partial charge < -0.3 is 15.0 Å². The van der Waals surface area contributed by atoms with Crippen LogP contribution in [0, 0.1) is 0 Å². The van der Waals surface area contributed by atoms with E-state index in [1.807, 2.05) is 35.2 Å². The zero-order valence-electron chi connectivity index (χ0n) is 14.4. The van der Waals surface area contributed by atoms with E-state index in [-0.39, 0.29) is 12.0 Å². The van der Waals surface area contributed by atoms with Crippen molar-refractivity contribution >= 4 is 22.6 Å². The largest absolute Gasteiger partial charge is 0.372 e. The van der Waals surface area contributed by atoms with Gasteiger partial charge in [0.25, 0.3) is 5.91 Å². The van der Waals surface area contributed by atoms with Crippen molar-refractivity contribution in [3.8, 4) is 0 Å². The first-order valence-electron chi connectivity index (χ1n) is 8.51. The number of morpholine rings is 1. The number of carbonyl (C=O) groups is 1. The van der Waals surface area contributed by atoms with Gasteiger partial charge in [-0.1, -0.05) is 12.1 Å². The summed E-state index contributed by atoms with van der Waals surface area (Å²) in [5.74, 6) is 0.646. The van der Waals surface area contributed by atoms with Crippen LogP contribution in [-0.2, 0) is 4.74 Å². The van der Waals surface area contributed by atoms with E-state index in [1.165, 1.54) is 0 Å². The Morgan fingerprint density at radius 2 is 2.04 bits per heavy atom. The van der Waals surface area contributed by atoms with Crippen LogP contribution in [0.3, 0.4) is 0 Å². The second-order valence-corrected chi connectivity index (χ2v) is 6.03. The van der Waals surface area contributed by atoms with E-state index in [1.54, 1.807) is 25.6 Å². The minimum Gasteiger partial charge on any atom is -0.372 e. The number of carbonyl (C=O) groups excluding carboxylic acids is 1. The third kappa shape index (κ3) is 2.97. The topological polar surface area (TPSA) is 80.2 Å². The number of amides is 1. The van der Waals surface area contributed by atoms with Crippen LogP contribution < -0.4 is 5.32 Å². The van der Waals surface area contributed by atoms with Crippen molar-refractivity contribution in [2.45, 2.75) is 6.10 Å². The predicted octanol–water partition coefficient (Wildman–Crippen LogP) is 2.28. The number of fused-ring (bicyclic) bond motifs is 1. The maximum absolute atomic E-state index is 13.1. The van der Waals surface area contributed by atoms with E-state index in [0.717, 1.165) is 10.9 Å². The van der Waals surface area contributed by atoms with E-state index in [0.29, 0.717) is 36.8 Å². The molecule has 1 amide bonds. The fraction of sp³-hybridized carbons (Fsp3) is 0.263. The molecule has 1 aliphatic heterocycles. The van der Waals surface area contributed by atoms with E-state index < -0.39 is 0 Å². The highest BCUT2D eigenvalue weighted by Crippen LogP contribution is 2.27. The van der Waals surface area contributed by atoms with E-state index >= 15 is 0 Å². The molecule has 1 aromatic carbocycles. The van der Waals surface area contributed by atoms with Crippen LogP contribution in [0.4, 0.5) is 5.82 Å². The molecule has 3 aromatic rings. The molecule has 132 valence electrons. The molecule has 1 unspecified atom stereocenters. The molecule has 1 N–H and O–H groups in total. The first kappa shape index (κ1) is 16.4. The Hall–Kier alpha value is -3.06. The molecule has 2 aromatic heterocycles. The van der Waals surface area contributed by atoms with E-state index in [2.05, 4.69) is 20.3 Å². The van der Waals surface area contributed by atoms with Crippen molar-refractivity contribution < 1.29 is 9.53 Å². The molecule has 7 nitrogen and oxygen atoms in total. The molecule has 1 fully saturated rings. The highest BCUT2D eigenvalue weighted by molar-refractivity contribution is 6.06. The molecule has 26 heavy (non-hydrogen) atoms. The number of nitrogens with one attached hydrogen (secondary N) is 1. The summed E-state index contributed by atoms with van der Waals surface area (Å²) in [5, 5.41) is 3.89. The molecule has 1 aliphatic rings. The van der Waals surface area contributed by atoms with Gasteiger partial charge >= 0.3 is 0 Å². The Bertz CT molecular complexity index is 941. The Balaban J connectivity index is 1.62. The standard InChI is InChI=1S/C19H19N5O2/c1-20-18-17(22-8-9-23-18)16-12-24(10-11-26-16)19(25)14-4-2-6-15-13(14)5-3-7-21-15/h2-9,16H,10-12H2,1H3,(H,20,23). The van der Waals surface area contributed by atoms with Gasteiger partial charge in [0.2, 0.25) is 0 Å². The predicted molar refractivity (Wildman–Crippen MR) is 97.9 cm³/mol. The number of rotatable bonds is 3. The molecule has 4 rings (SSSR count). The number of anilines is 1. The number of hydrogen-bond acceptors (Lipinski definition) is 6. The average Bonchev–Trinajstić information content (AvgIpc) is 2.73. The minimum atomic E-state index is -0.308. The highest BCUT2D eigenvalue weighted by Gasteiger charge is 2.29. The van der Waals surface area contributed by atoms with E-state index in [4.69, 9.17) is 4.74 Å².